The molecular formula is C16H22N2O3. The highest BCUT2D eigenvalue weighted by atomic mass is 16.5. The Hall–Kier alpha value is -1.59. The summed E-state index contributed by atoms with van der Waals surface area (Å²) in [4.78, 5) is 14.6. The van der Waals surface area contributed by atoms with E-state index in [9.17, 15) is 9.90 Å². The Morgan fingerprint density at radius 3 is 3.14 bits per heavy atom. The van der Waals surface area contributed by atoms with Crippen molar-refractivity contribution in [3.8, 4) is 5.75 Å². The fourth-order valence-electron chi connectivity index (χ4n) is 3.21. The maximum absolute atomic E-state index is 12.1. The number of hydrogen-bond donors (Lipinski definition) is 2. The molecule has 2 saturated heterocycles. The molecule has 0 radical (unpaired) electrons. The van der Waals surface area contributed by atoms with Gasteiger partial charge in [-0.1, -0.05) is 0 Å². The highest BCUT2D eigenvalue weighted by Gasteiger charge is 2.32. The van der Waals surface area contributed by atoms with Gasteiger partial charge in [-0.25, -0.2) is 0 Å². The fourth-order valence-corrected chi connectivity index (χ4v) is 3.21. The molecule has 0 bridgehead atoms. The largest absolute Gasteiger partial charge is 0.508 e. The SMILES string of the molecule is Cc1cc(O)cc(C(=O)NC[C@@H]2CN3CCC[C@H]3CO2)c1. The molecule has 1 aromatic carbocycles. The minimum Gasteiger partial charge on any atom is -0.508 e. The van der Waals surface area contributed by atoms with Gasteiger partial charge in [-0.15, -0.1) is 0 Å². The first kappa shape index (κ1) is 14.4. The first-order valence-electron chi connectivity index (χ1n) is 7.56. The van der Waals surface area contributed by atoms with Gasteiger partial charge in [-0.05, 0) is 50.1 Å². The summed E-state index contributed by atoms with van der Waals surface area (Å²) in [6.07, 6.45) is 2.53. The van der Waals surface area contributed by atoms with Gasteiger partial charge >= 0.3 is 0 Å². The molecule has 2 aliphatic rings. The van der Waals surface area contributed by atoms with Crippen LogP contribution in [0, 0.1) is 6.92 Å². The van der Waals surface area contributed by atoms with E-state index in [4.69, 9.17) is 4.74 Å². The molecule has 114 valence electrons. The molecule has 2 N–H and O–H groups in total. The predicted octanol–water partition coefficient (Wildman–Crippen LogP) is 1.29. The summed E-state index contributed by atoms with van der Waals surface area (Å²) in [7, 11) is 0. The van der Waals surface area contributed by atoms with Crippen LogP contribution in [0.1, 0.15) is 28.8 Å². The summed E-state index contributed by atoms with van der Waals surface area (Å²) >= 11 is 0. The topological polar surface area (TPSA) is 61.8 Å². The second-order valence-corrected chi connectivity index (χ2v) is 6.01. The highest BCUT2D eigenvalue weighted by molar-refractivity contribution is 5.94. The monoisotopic (exact) mass is 290 g/mol. The fraction of sp³-hybridized carbons (Fsp3) is 0.562. The van der Waals surface area contributed by atoms with Crippen LogP contribution < -0.4 is 5.32 Å². The number of fused-ring (bicyclic) bond motifs is 1. The van der Waals surface area contributed by atoms with Crippen LogP contribution in [0.5, 0.6) is 5.75 Å². The molecule has 5 nitrogen and oxygen atoms in total. The van der Waals surface area contributed by atoms with Crippen molar-refractivity contribution in [1.29, 1.82) is 0 Å². The quantitative estimate of drug-likeness (QED) is 0.880. The van der Waals surface area contributed by atoms with E-state index in [-0.39, 0.29) is 17.8 Å². The van der Waals surface area contributed by atoms with Crippen molar-refractivity contribution >= 4 is 5.91 Å². The van der Waals surface area contributed by atoms with Crippen LogP contribution in [0.2, 0.25) is 0 Å². The van der Waals surface area contributed by atoms with Gasteiger partial charge in [-0.3, -0.25) is 9.69 Å². The lowest BCUT2D eigenvalue weighted by Crippen LogP contribution is -2.50. The zero-order valence-corrected chi connectivity index (χ0v) is 12.3. The molecule has 21 heavy (non-hydrogen) atoms. The lowest BCUT2D eigenvalue weighted by atomic mass is 10.1. The Labute approximate surface area is 124 Å². The number of hydrogen-bond acceptors (Lipinski definition) is 4. The summed E-state index contributed by atoms with van der Waals surface area (Å²) < 4.78 is 5.82. The van der Waals surface area contributed by atoms with Crippen LogP contribution in [0.3, 0.4) is 0 Å². The number of aromatic hydroxyl groups is 1. The molecule has 5 heteroatoms. The third-order valence-electron chi connectivity index (χ3n) is 4.28. The normalized spacial score (nSPS) is 25.6. The number of nitrogens with one attached hydrogen (secondary N) is 1. The van der Waals surface area contributed by atoms with E-state index < -0.39 is 0 Å². The predicted molar refractivity (Wildman–Crippen MR) is 79.5 cm³/mol. The molecular weight excluding hydrogens is 268 g/mol. The number of amides is 1. The molecule has 0 unspecified atom stereocenters. The van der Waals surface area contributed by atoms with Crippen molar-refractivity contribution < 1.29 is 14.6 Å². The lowest BCUT2D eigenvalue weighted by molar-refractivity contribution is -0.0461. The second kappa shape index (κ2) is 6.03. The van der Waals surface area contributed by atoms with Crippen molar-refractivity contribution in [3.05, 3.63) is 29.3 Å². The molecule has 0 aliphatic carbocycles. The molecule has 1 amide bonds. The second-order valence-electron chi connectivity index (χ2n) is 6.01. The number of rotatable bonds is 3. The summed E-state index contributed by atoms with van der Waals surface area (Å²) in [5.74, 6) is -0.0462. The number of nitrogens with zero attached hydrogens (tertiary/aromatic N) is 1. The molecule has 2 fully saturated rings. The molecule has 0 spiro atoms. The van der Waals surface area contributed by atoms with E-state index in [1.54, 1.807) is 12.1 Å². The Morgan fingerprint density at radius 1 is 1.48 bits per heavy atom. The molecule has 2 aliphatic heterocycles. The molecule has 0 saturated carbocycles. The van der Waals surface area contributed by atoms with E-state index in [2.05, 4.69) is 10.2 Å². The van der Waals surface area contributed by atoms with Crippen molar-refractivity contribution in [1.82, 2.24) is 10.2 Å². The van der Waals surface area contributed by atoms with E-state index >= 15 is 0 Å². The summed E-state index contributed by atoms with van der Waals surface area (Å²) in [6.45, 7) is 5.17. The smallest absolute Gasteiger partial charge is 0.251 e. The van der Waals surface area contributed by atoms with Gasteiger partial charge in [0.25, 0.3) is 5.91 Å². The van der Waals surface area contributed by atoms with Gasteiger partial charge in [0.15, 0.2) is 0 Å². The molecule has 1 aromatic rings. The first-order chi connectivity index (χ1) is 10.1. The summed E-state index contributed by atoms with van der Waals surface area (Å²) in [6, 6.07) is 5.47. The molecule has 3 rings (SSSR count). The van der Waals surface area contributed by atoms with Crippen LogP contribution >= 0.6 is 0 Å². The number of benzene rings is 1. The van der Waals surface area contributed by atoms with Gasteiger partial charge in [-0.2, -0.15) is 0 Å². The number of phenolic OH excluding ortho intramolecular Hbond substituents is 1. The number of ether oxygens (including phenoxy) is 1. The number of aryl methyl sites for hydroxylation is 1. The van der Waals surface area contributed by atoms with Crippen molar-refractivity contribution in [2.45, 2.75) is 31.9 Å². The van der Waals surface area contributed by atoms with Gasteiger partial charge in [0, 0.05) is 24.7 Å². The highest BCUT2D eigenvalue weighted by Crippen LogP contribution is 2.22. The first-order valence-corrected chi connectivity index (χ1v) is 7.56. The number of morpholine rings is 1. The van der Waals surface area contributed by atoms with Gasteiger partial charge in [0.05, 0.1) is 12.7 Å². The van der Waals surface area contributed by atoms with Crippen LogP contribution in [0.25, 0.3) is 0 Å². The van der Waals surface area contributed by atoms with Crippen LogP contribution in [0.4, 0.5) is 0 Å². The van der Waals surface area contributed by atoms with E-state index in [0.29, 0.717) is 18.2 Å². The van der Waals surface area contributed by atoms with E-state index in [1.807, 2.05) is 6.92 Å². The van der Waals surface area contributed by atoms with Gasteiger partial charge in [0.2, 0.25) is 0 Å². The van der Waals surface area contributed by atoms with Gasteiger partial charge in [0.1, 0.15) is 5.75 Å². The molecule has 0 aromatic heterocycles. The maximum atomic E-state index is 12.1. The Bertz CT molecular complexity index is 512. The Kier molecular flexibility index (Phi) is 4.12. The van der Waals surface area contributed by atoms with E-state index in [1.165, 1.54) is 18.9 Å². The van der Waals surface area contributed by atoms with Crippen molar-refractivity contribution in [3.63, 3.8) is 0 Å². The van der Waals surface area contributed by atoms with Crippen LogP contribution in [-0.2, 0) is 4.74 Å². The molecule has 2 atom stereocenters. The average molecular weight is 290 g/mol. The summed E-state index contributed by atoms with van der Waals surface area (Å²) in [5, 5.41) is 12.5. The van der Waals surface area contributed by atoms with Crippen molar-refractivity contribution in [2.24, 2.45) is 0 Å². The summed E-state index contributed by atoms with van der Waals surface area (Å²) in [5.41, 5.74) is 1.36. The third-order valence-corrected chi connectivity index (χ3v) is 4.28. The standard InChI is InChI=1S/C16H22N2O3/c1-11-5-12(7-14(19)6-11)16(20)17-8-15-9-18-4-2-3-13(18)10-21-15/h5-7,13,15,19H,2-4,8-10H2,1H3,(H,17,20)/t13-,15+/m0/s1. The van der Waals surface area contributed by atoms with Crippen LogP contribution in [0.15, 0.2) is 18.2 Å². The average Bonchev–Trinajstić information content (AvgIpc) is 2.91. The Morgan fingerprint density at radius 2 is 2.33 bits per heavy atom. The Balaban J connectivity index is 1.53. The van der Waals surface area contributed by atoms with Gasteiger partial charge < -0.3 is 15.2 Å². The zero-order valence-electron chi connectivity index (χ0n) is 12.3. The van der Waals surface area contributed by atoms with Crippen molar-refractivity contribution in [2.75, 3.05) is 26.2 Å². The molecule has 2 heterocycles. The number of carbonyl (C=O) groups excluding carboxylic acids is 1. The number of carbonyl (C=O) groups is 1. The number of phenols is 1. The van der Waals surface area contributed by atoms with E-state index in [0.717, 1.165) is 25.3 Å². The maximum Gasteiger partial charge on any atom is 0.251 e. The zero-order chi connectivity index (χ0) is 14.8. The minimum atomic E-state index is -0.166. The lowest BCUT2D eigenvalue weighted by Gasteiger charge is -2.35. The third kappa shape index (κ3) is 3.36. The van der Waals surface area contributed by atoms with Crippen LogP contribution in [-0.4, -0.2) is 54.3 Å². The minimum absolute atomic E-state index is 0.0571.